The lowest BCUT2D eigenvalue weighted by Crippen LogP contribution is -2.51. The summed E-state index contributed by atoms with van der Waals surface area (Å²) >= 11 is 0. The number of carbonyl (C=O) groups is 1. The molecule has 1 amide bonds. The van der Waals surface area contributed by atoms with Gasteiger partial charge in [-0.15, -0.1) is 5.53 Å². The van der Waals surface area contributed by atoms with Gasteiger partial charge in [0.1, 0.15) is 6.54 Å². The summed E-state index contributed by atoms with van der Waals surface area (Å²) in [5.74, 6) is -2.24. The molecule has 0 atom stereocenters. The number of benzene rings is 2. The number of anilines is 2. The molecule has 2 aliphatic rings. The summed E-state index contributed by atoms with van der Waals surface area (Å²) in [5.41, 5.74) is 1.82. The summed E-state index contributed by atoms with van der Waals surface area (Å²) < 4.78 is 77.6. The largest absolute Gasteiger partial charge is 0.491 e. The molecule has 0 unspecified atom stereocenters. The van der Waals surface area contributed by atoms with Crippen LogP contribution in [0.5, 0.6) is 0 Å². The Morgan fingerprint density at radius 1 is 0.903 bits per heavy atom. The quantitative estimate of drug-likeness (QED) is 0.688. The molecule has 2 aliphatic heterocycles. The molecule has 0 fully saturated rings. The molecule has 31 heavy (non-hydrogen) atoms. The number of fused-ring (bicyclic) bond motifs is 3. The molecule has 0 spiro atoms. The normalized spacial score (nSPS) is 16.3. The van der Waals surface area contributed by atoms with Crippen molar-refractivity contribution in [3.8, 4) is 0 Å². The Morgan fingerprint density at radius 2 is 1.52 bits per heavy atom. The molecule has 13 heteroatoms. The summed E-state index contributed by atoms with van der Waals surface area (Å²) in [6, 6.07) is 9.40. The van der Waals surface area contributed by atoms with E-state index in [2.05, 4.69) is 5.53 Å². The molecule has 2 aromatic rings. The monoisotopic (exact) mass is 448 g/mol. The van der Waals surface area contributed by atoms with E-state index < -0.39 is 42.1 Å². The Labute approximate surface area is 170 Å². The van der Waals surface area contributed by atoms with Crippen molar-refractivity contribution in [3.05, 3.63) is 71.4 Å². The van der Waals surface area contributed by atoms with E-state index in [1.165, 1.54) is 18.2 Å². The summed E-state index contributed by atoms with van der Waals surface area (Å²) in [5, 5.41) is 12.5. The van der Waals surface area contributed by atoms with Crippen molar-refractivity contribution in [3.63, 3.8) is 0 Å². The second kappa shape index (κ2) is 7.35. The van der Waals surface area contributed by atoms with Crippen LogP contribution in [0.25, 0.3) is 0 Å². The fourth-order valence-electron chi connectivity index (χ4n) is 3.20. The third-order valence-electron chi connectivity index (χ3n) is 4.49. The van der Waals surface area contributed by atoms with E-state index in [1.54, 1.807) is 6.07 Å². The van der Waals surface area contributed by atoms with Crippen LogP contribution in [0.2, 0.25) is 0 Å². The minimum absolute atomic E-state index is 0. The second-order valence-corrected chi connectivity index (χ2v) is 6.49. The molecule has 0 aliphatic carbocycles. The van der Waals surface area contributed by atoms with E-state index in [0.29, 0.717) is 4.90 Å². The van der Waals surface area contributed by atoms with Gasteiger partial charge in [0.25, 0.3) is 11.8 Å². The molecule has 0 radical (unpaired) electrons. The Bertz CT molecular complexity index is 1040. The van der Waals surface area contributed by atoms with Crippen molar-refractivity contribution in [2.75, 3.05) is 16.6 Å². The maximum atomic E-state index is 13.1. The maximum Gasteiger partial charge on any atom is 0.416 e. The Balaban J connectivity index is 0.00000272. The van der Waals surface area contributed by atoms with Gasteiger partial charge in [0.2, 0.25) is 0 Å². The van der Waals surface area contributed by atoms with Crippen LogP contribution in [-0.4, -0.2) is 34.1 Å². The number of rotatable bonds is 2. The topological polar surface area (TPSA) is 90.5 Å². The number of aliphatic hydroxyl groups is 1. The number of nitrogens with one attached hydrogen (secondary N) is 1. The zero-order chi connectivity index (χ0) is 21.8. The third kappa shape index (κ3) is 3.84. The predicted octanol–water partition coefficient (Wildman–Crippen LogP) is 3.33. The SMILES string of the molecule is O.O=C1c2ccccc2N2NN(c3ccc(C(F)(F)F)cc3)C(O)=C2N1CC(F)(F)F. The molecule has 0 bridgehead atoms. The zero-order valence-corrected chi connectivity index (χ0v) is 15.3. The summed E-state index contributed by atoms with van der Waals surface area (Å²) in [6.07, 6.45) is -9.34. The van der Waals surface area contributed by atoms with Gasteiger partial charge in [0, 0.05) is 0 Å². The molecule has 0 saturated heterocycles. The summed E-state index contributed by atoms with van der Waals surface area (Å²) in [7, 11) is 0. The molecule has 2 aromatic carbocycles. The molecular weight excluding hydrogens is 434 g/mol. The number of hydrazine groups is 2. The van der Waals surface area contributed by atoms with Crippen molar-refractivity contribution in [2.24, 2.45) is 0 Å². The number of hydrogen-bond acceptors (Lipinski definition) is 5. The van der Waals surface area contributed by atoms with Gasteiger partial charge >= 0.3 is 12.4 Å². The van der Waals surface area contributed by atoms with Crippen LogP contribution < -0.4 is 15.6 Å². The van der Waals surface area contributed by atoms with Gasteiger partial charge in [-0.1, -0.05) is 12.1 Å². The fraction of sp³-hybridized carbons (Fsp3) is 0.167. The van der Waals surface area contributed by atoms with Crippen LogP contribution in [0.3, 0.4) is 0 Å². The van der Waals surface area contributed by atoms with E-state index in [4.69, 9.17) is 0 Å². The Hall–Kier alpha value is -3.45. The van der Waals surface area contributed by atoms with E-state index in [9.17, 15) is 36.2 Å². The van der Waals surface area contributed by atoms with Crippen LogP contribution in [0.15, 0.2) is 60.2 Å². The number of carbonyl (C=O) groups excluding carboxylic acids is 1. The van der Waals surface area contributed by atoms with Crippen LogP contribution in [0, 0.1) is 0 Å². The lowest BCUT2D eigenvalue weighted by Gasteiger charge is -2.35. The number of amides is 1. The van der Waals surface area contributed by atoms with Gasteiger partial charge in [-0.05, 0) is 36.4 Å². The second-order valence-electron chi connectivity index (χ2n) is 6.49. The number of aliphatic hydroxyl groups excluding tert-OH is 1. The summed E-state index contributed by atoms with van der Waals surface area (Å²) in [6.45, 7) is -1.67. The van der Waals surface area contributed by atoms with Gasteiger partial charge in [0.15, 0.2) is 5.82 Å². The molecule has 4 rings (SSSR count). The summed E-state index contributed by atoms with van der Waals surface area (Å²) in [4.78, 5) is 13.0. The number of halogens is 6. The van der Waals surface area contributed by atoms with Crippen molar-refractivity contribution in [1.82, 2.24) is 10.4 Å². The number of hydrogen-bond donors (Lipinski definition) is 2. The van der Waals surface area contributed by atoms with Crippen LogP contribution in [-0.2, 0) is 6.18 Å². The van der Waals surface area contributed by atoms with E-state index in [1.807, 2.05) is 0 Å². The first-order chi connectivity index (χ1) is 14.0. The minimum Gasteiger partial charge on any atom is -0.491 e. The van der Waals surface area contributed by atoms with Gasteiger partial charge in [-0.2, -0.15) is 26.3 Å². The van der Waals surface area contributed by atoms with Gasteiger partial charge < -0.3 is 10.6 Å². The average molecular weight is 448 g/mol. The standard InChI is InChI=1S/C18H12F6N4O2.H2O/c19-17(20,21)9-26-14-16(30)27(11-7-5-10(6-8-11)18(22,23)24)25-28(14)13-4-2-1-3-12(13)15(26)29;/h1-8,25,30H,9H2;1H2. The molecule has 7 nitrogen and oxygen atoms in total. The first-order valence-electron chi connectivity index (χ1n) is 8.42. The van der Waals surface area contributed by atoms with Gasteiger partial charge in [-0.3, -0.25) is 9.69 Å². The lowest BCUT2D eigenvalue weighted by atomic mass is 10.1. The minimum atomic E-state index is -4.76. The highest BCUT2D eigenvalue weighted by molar-refractivity contribution is 6.04. The highest BCUT2D eigenvalue weighted by Gasteiger charge is 2.47. The zero-order valence-electron chi connectivity index (χ0n) is 15.3. The van der Waals surface area contributed by atoms with Crippen molar-refractivity contribution in [2.45, 2.75) is 12.4 Å². The van der Waals surface area contributed by atoms with E-state index >= 15 is 0 Å². The molecule has 166 valence electrons. The van der Waals surface area contributed by atoms with Crippen molar-refractivity contribution >= 4 is 17.3 Å². The molecule has 0 saturated carbocycles. The number of nitrogens with zero attached hydrogens (tertiary/aromatic N) is 3. The lowest BCUT2D eigenvalue weighted by molar-refractivity contribution is -0.138. The van der Waals surface area contributed by atoms with E-state index in [0.717, 1.165) is 34.3 Å². The molecule has 2 heterocycles. The van der Waals surface area contributed by atoms with Gasteiger partial charge in [0.05, 0.1) is 22.5 Å². The first-order valence-corrected chi connectivity index (χ1v) is 8.42. The maximum absolute atomic E-state index is 13.1. The van der Waals surface area contributed by atoms with Crippen LogP contribution in [0.1, 0.15) is 15.9 Å². The van der Waals surface area contributed by atoms with Gasteiger partial charge in [-0.25, -0.2) is 10.0 Å². The first kappa shape index (κ1) is 22.2. The highest BCUT2D eigenvalue weighted by Crippen LogP contribution is 2.39. The van der Waals surface area contributed by atoms with Crippen LogP contribution >= 0.6 is 0 Å². The highest BCUT2D eigenvalue weighted by atomic mass is 19.4. The van der Waals surface area contributed by atoms with Crippen LogP contribution in [0.4, 0.5) is 37.7 Å². The molecule has 0 aromatic heterocycles. The molecular formula is C18H14F6N4O3. The molecule has 4 N–H and O–H groups in total. The fourth-order valence-corrected chi connectivity index (χ4v) is 3.20. The van der Waals surface area contributed by atoms with E-state index in [-0.39, 0.29) is 22.4 Å². The average Bonchev–Trinajstić information content (AvgIpc) is 3.01. The van der Waals surface area contributed by atoms with Crippen molar-refractivity contribution < 1.29 is 41.7 Å². The smallest absolute Gasteiger partial charge is 0.416 e. The number of para-hydroxylation sites is 1. The predicted molar refractivity (Wildman–Crippen MR) is 96.3 cm³/mol. The number of alkyl halides is 6. The Morgan fingerprint density at radius 3 is 2.10 bits per heavy atom. The third-order valence-corrected chi connectivity index (χ3v) is 4.49. The van der Waals surface area contributed by atoms with Crippen molar-refractivity contribution in [1.29, 1.82) is 0 Å². The Kier molecular flexibility index (Phi) is 5.28.